The molecule has 2 aromatic carbocycles. The van der Waals surface area contributed by atoms with Crippen LogP contribution in [0.2, 0.25) is 0 Å². The molecular formula is C23H29FN3O2+. The summed E-state index contributed by atoms with van der Waals surface area (Å²) >= 11 is 0. The first-order chi connectivity index (χ1) is 13.9. The van der Waals surface area contributed by atoms with Crippen molar-refractivity contribution >= 4 is 17.5 Å². The van der Waals surface area contributed by atoms with Gasteiger partial charge in [-0.1, -0.05) is 24.3 Å². The van der Waals surface area contributed by atoms with Gasteiger partial charge < -0.3 is 15.5 Å². The molecule has 29 heavy (non-hydrogen) atoms. The number of halogens is 1. The van der Waals surface area contributed by atoms with Crippen molar-refractivity contribution in [2.45, 2.75) is 38.6 Å². The topological polar surface area (TPSA) is 62.6 Å². The lowest BCUT2D eigenvalue weighted by Crippen LogP contribution is -3.11. The molecule has 2 atom stereocenters. The van der Waals surface area contributed by atoms with Crippen molar-refractivity contribution in [2.75, 3.05) is 25.5 Å². The van der Waals surface area contributed by atoms with E-state index in [9.17, 15) is 14.0 Å². The number of aryl methyl sites for hydroxylation is 2. The van der Waals surface area contributed by atoms with E-state index in [-0.39, 0.29) is 30.9 Å². The molecule has 0 radical (unpaired) electrons. The van der Waals surface area contributed by atoms with E-state index in [1.807, 2.05) is 6.92 Å². The molecule has 3 rings (SSSR count). The minimum absolute atomic E-state index is 0.0800. The van der Waals surface area contributed by atoms with Gasteiger partial charge in [-0.15, -0.1) is 0 Å². The van der Waals surface area contributed by atoms with E-state index in [0.717, 1.165) is 23.3 Å². The molecule has 1 unspecified atom stereocenters. The minimum Gasteiger partial charge on any atom is -0.345 e. The first-order valence-corrected chi connectivity index (χ1v) is 10.2. The summed E-state index contributed by atoms with van der Waals surface area (Å²) < 4.78 is 13.2. The molecule has 0 spiro atoms. The van der Waals surface area contributed by atoms with Crippen LogP contribution in [0.5, 0.6) is 0 Å². The summed E-state index contributed by atoms with van der Waals surface area (Å²) in [6.45, 7) is 2.29. The number of nitrogens with one attached hydrogen (secondary N) is 3. The highest BCUT2D eigenvalue weighted by Crippen LogP contribution is 2.24. The Morgan fingerprint density at radius 1 is 1.03 bits per heavy atom. The molecule has 6 heteroatoms. The van der Waals surface area contributed by atoms with E-state index >= 15 is 0 Å². The first kappa shape index (κ1) is 21.0. The van der Waals surface area contributed by atoms with Crippen molar-refractivity contribution < 1.29 is 18.9 Å². The molecular weight excluding hydrogens is 369 g/mol. The van der Waals surface area contributed by atoms with Crippen LogP contribution in [0.3, 0.4) is 0 Å². The maximum absolute atomic E-state index is 13.2. The fourth-order valence-electron chi connectivity index (χ4n) is 3.78. The third-order valence-corrected chi connectivity index (χ3v) is 5.28. The van der Waals surface area contributed by atoms with Gasteiger partial charge in [0.1, 0.15) is 5.82 Å². The van der Waals surface area contributed by atoms with Gasteiger partial charge in [-0.3, -0.25) is 9.59 Å². The van der Waals surface area contributed by atoms with E-state index in [4.69, 9.17) is 0 Å². The van der Waals surface area contributed by atoms with Crippen LogP contribution in [0.25, 0.3) is 0 Å². The number of likely N-dealkylation sites (N-methyl/N-ethyl adjacent to an activating group) is 1. The summed E-state index contributed by atoms with van der Waals surface area (Å²) in [5.41, 5.74) is 4.34. The number of hydrogen-bond donors (Lipinski definition) is 3. The summed E-state index contributed by atoms with van der Waals surface area (Å²) in [7, 11) is 1.79. The molecule has 5 nitrogen and oxygen atoms in total. The van der Waals surface area contributed by atoms with Crippen LogP contribution in [0.15, 0.2) is 42.5 Å². The lowest BCUT2D eigenvalue weighted by Gasteiger charge is -2.20. The molecule has 0 aromatic heterocycles. The van der Waals surface area contributed by atoms with Crippen LogP contribution in [0, 0.1) is 5.82 Å². The van der Waals surface area contributed by atoms with Crippen molar-refractivity contribution in [1.29, 1.82) is 0 Å². The number of carbonyl (C=O) groups is 2. The van der Waals surface area contributed by atoms with E-state index in [1.54, 1.807) is 13.1 Å². The number of fused-ring (bicyclic) bond motifs is 1. The molecule has 2 aromatic rings. The van der Waals surface area contributed by atoms with E-state index < -0.39 is 5.82 Å². The minimum atomic E-state index is -0.404. The van der Waals surface area contributed by atoms with Crippen LogP contribution in [0.4, 0.5) is 10.1 Å². The van der Waals surface area contributed by atoms with Crippen molar-refractivity contribution in [1.82, 2.24) is 5.32 Å². The fraction of sp³-hybridized carbons (Fsp3) is 0.391. The zero-order chi connectivity index (χ0) is 20.8. The highest BCUT2D eigenvalue weighted by atomic mass is 19.1. The standard InChI is InChI=1S/C23H28FN3O2/c1-16(18-11-10-17-6-3-4-7-19(17)12-18)25-22(28)14-27(2)15-23(29)26-21-9-5-8-20(24)13-21/h5,8-13,16H,3-4,6-7,14-15H2,1-2H3,(H,25,28)(H,26,29)/p+1/t16-/m1/s1. The van der Waals surface area contributed by atoms with Crippen molar-refractivity contribution in [3.05, 3.63) is 65.0 Å². The molecule has 0 bridgehead atoms. The third-order valence-electron chi connectivity index (χ3n) is 5.28. The van der Waals surface area contributed by atoms with Gasteiger partial charge in [0, 0.05) is 5.69 Å². The van der Waals surface area contributed by atoms with E-state index in [1.165, 1.54) is 42.2 Å². The van der Waals surface area contributed by atoms with Gasteiger partial charge in [0.15, 0.2) is 13.1 Å². The molecule has 0 heterocycles. The molecule has 0 aliphatic heterocycles. The number of rotatable bonds is 7. The zero-order valence-corrected chi connectivity index (χ0v) is 17.1. The smallest absolute Gasteiger partial charge is 0.279 e. The van der Waals surface area contributed by atoms with Crippen LogP contribution >= 0.6 is 0 Å². The Morgan fingerprint density at radius 2 is 1.76 bits per heavy atom. The van der Waals surface area contributed by atoms with Gasteiger partial charge in [0.25, 0.3) is 11.8 Å². The van der Waals surface area contributed by atoms with Crippen LogP contribution < -0.4 is 15.5 Å². The number of amides is 2. The zero-order valence-electron chi connectivity index (χ0n) is 17.1. The summed E-state index contributed by atoms with van der Waals surface area (Å²) in [4.78, 5) is 25.3. The Hall–Kier alpha value is -2.73. The largest absolute Gasteiger partial charge is 0.345 e. The highest BCUT2D eigenvalue weighted by molar-refractivity contribution is 5.91. The molecule has 0 saturated heterocycles. The van der Waals surface area contributed by atoms with Crippen molar-refractivity contribution in [2.24, 2.45) is 0 Å². The van der Waals surface area contributed by atoms with Crippen molar-refractivity contribution in [3.8, 4) is 0 Å². The number of anilines is 1. The number of hydrogen-bond acceptors (Lipinski definition) is 2. The molecule has 1 aliphatic rings. The second kappa shape index (κ2) is 9.65. The van der Waals surface area contributed by atoms with Crippen LogP contribution in [-0.2, 0) is 22.4 Å². The summed E-state index contributed by atoms with van der Waals surface area (Å²) in [6, 6.07) is 12.2. The summed E-state index contributed by atoms with van der Waals surface area (Å²) in [5, 5.41) is 5.67. The van der Waals surface area contributed by atoms with Gasteiger partial charge >= 0.3 is 0 Å². The number of carbonyl (C=O) groups excluding carboxylic acids is 2. The normalized spacial score (nSPS) is 15.1. The van der Waals surface area contributed by atoms with E-state index in [2.05, 4.69) is 28.8 Å². The Morgan fingerprint density at radius 3 is 2.52 bits per heavy atom. The molecule has 0 saturated carbocycles. The van der Waals surface area contributed by atoms with Gasteiger partial charge in [0.05, 0.1) is 13.1 Å². The average Bonchev–Trinajstić information content (AvgIpc) is 2.67. The number of benzene rings is 2. The number of quaternary nitrogens is 1. The van der Waals surface area contributed by atoms with Gasteiger partial charge in [-0.25, -0.2) is 4.39 Å². The monoisotopic (exact) mass is 398 g/mol. The van der Waals surface area contributed by atoms with Crippen LogP contribution in [-0.4, -0.2) is 32.0 Å². The molecule has 0 fully saturated rings. The maximum Gasteiger partial charge on any atom is 0.279 e. The predicted octanol–water partition coefficient (Wildman–Crippen LogP) is 2.04. The maximum atomic E-state index is 13.2. The van der Waals surface area contributed by atoms with Crippen LogP contribution in [0.1, 0.15) is 42.5 Å². The van der Waals surface area contributed by atoms with E-state index in [0.29, 0.717) is 5.69 Å². The second-order valence-electron chi connectivity index (χ2n) is 7.89. The molecule has 3 N–H and O–H groups in total. The Kier molecular flexibility index (Phi) is 6.99. The summed E-state index contributed by atoms with van der Waals surface area (Å²) in [5.74, 6) is -0.769. The highest BCUT2D eigenvalue weighted by Gasteiger charge is 2.18. The first-order valence-electron chi connectivity index (χ1n) is 10.2. The Bertz CT molecular complexity index is 884. The lowest BCUT2D eigenvalue weighted by atomic mass is 9.89. The van der Waals surface area contributed by atoms with Gasteiger partial charge in [-0.2, -0.15) is 0 Å². The molecule has 2 amide bonds. The quantitative estimate of drug-likeness (QED) is 0.668. The Balaban J connectivity index is 1.47. The third kappa shape index (κ3) is 6.12. The molecule has 154 valence electrons. The lowest BCUT2D eigenvalue weighted by molar-refractivity contribution is -0.862. The van der Waals surface area contributed by atoms with Gasteiger partial charge in [0.2, 0.25) is 0 Å². The molecule has 1 aliphatic carbocycles. The average molecular weight is 399 g/mol. The second-order valence-corrected chi connectivity index (χ2v) is 7.89. The summed E-state index contributed by atoms with van der Waals surface area (Å²) in [6.07, 6.45) is 4.73. The van der Waals surface area contributed by atoms with Crippen molar-refractivity contribution in [3.63, 3.8) is 0 Å². The fourth-order valence-corrected chi connectivity index (χ4v) is 3.78. The van der Waals surface area contributed by atoms with Gasteiger partial charge in [-0.05, 0) is 67.5 Å². The predicted molar refractivity (Wildman–Crippen MR) is 111 cm³/mol. The SMILES string of the molecule is C[C@@H](NC(=O)C[NH+](C)CC(=O)Nc1cccc(F)c1)c1ccc2c(c1)CCCC2. The Labute approximate surface area is 171 Å².